The summed E-state index contributed by atoms with van der Waals surface area (Å²) in [5.41, 5.74) is 6.45. The summed E-state index contributed by atoms with van der Waals surface area (Å²) < 4.78 is 5.55. The third-order valence-corrected chi connectivity index (χ3v) is 3.38. The number of carbonyl (C=O) groups excluding carboxylic acids is 1. The van der Waals surface area contributed by atoms with E-state index in [-0.39, 0.29) is 0 Å². The molecule has 2 N–H and O–H groups in total. The molecule has 18 heavy (non-hydrogen) atoms. The molecule has 0 spiro atoms. The monoisotopic (exact) mass is 282 g/mol. The fourth-order valence-corrected chi connectivity index (χ4v) is 2.35. The van der Waals surface area contributed by atoms with Crippen LogP contribution in [-0.4, -0.2) is 10.9 Å². The molecule has 0 aliphatic rings. The van der Waals surface area contributed by atoms with Crippen molar-refractivity contribution in [3.8, 4) is 5.75 Å². The number of aromatic nitrogens is 1. The molecule has 0 aliphatic carbocycles. The van der Waals surface area contributed by atoms with Gasteiger partial charge in [0.25, 0.3) is 5.91 Å². The minimum atomic E-state index is -0.508. The molecule has 0 atom stereocenters. The number of benzene rings is 1. The molecule has 4 nitrogen and oxygen atoms in total. The van der Waals surface area contributed by atoms with Crippen molar-refractivity contribution in [2.75, 3.05) is 0 Å². The normalized spacial score (nSPS) is 10.3. The lowest BCUT2D eigenvalue weighted by molar-refractivity contribution is 0.0996. The fourth-order valence-electron chi connectivity index (χ4n) is 1.41. The molecule has 1 aromatic carbocycles. The van der Waals surface area contributed by atoms with E-state index in [1.54, 1.807) is 24.3 Å². The summed E-state index contributed by atoms with van der Waals surface area (Å²) in [6, 6.07) is 6.86. The van der Waals surface area contributed by atoms with Crippen molar-refractivity contribution in [2.45, 2.75) is 12.5 Å². The first-order valence-corrected chi connectivity index (χ1v) is 6.63. The van der Waals surface area contributed by atoms with Crippen LogP contribution in [0.15, 0.2) is 29.6 Å². The molecule has 94 valence electrons. The molecule has 1 aromatic heterocycles. The molecule has 0 saturated carbocycles. The van der Waals surface area contributed by atoms with E-state index in [4.69, 9.17) is 22.1 Å². The van der Waals surface area contributed by atoms with Crippen LogP contribution in [0.2, 0.25) is 0 Å². The Morgan fingerprint density at radius 3 is 2.89 bits per heavy atom. The minimum absolute atomic E-state index is 0.297. The summed E-state index contributed by atoms with van der Waals surface area (Å²) in [4.78, 5) is 15.5. The van der Waals surface area contributed by atoms with E-state index in [1.807, 2.05) is 5.38 Å². The van der Waals surface area contributed by atoms with Gasteiger partial charge in [-0.25, -0.2) is 4.98 Å². The van der Waals surface area contributed by atoms with Crippen molar-refractivity contribution in [3.63, 3.8) is 0 Å². The smallest absolute Gasteiger partial charge is 0.252 e. The van der Waals surface area contributed by atoms with Gasteiger partial charge in [0, 0.05) is 5.38 Å². The average molecular weight is 283 g/mol. The molecule has 0 fully saturated rings. The first-order valence-electron chi connectivity index (χ1n) is 5.21. The van der Waals surface area contributed by atoms with Crippen LogP contribution in [0.1, 0.15) is 21.1 Å². The average Bonchev–Trinajstić information content (AvgIpc) is 2.84. The van der Waals surface area contributed by atoms with Gasteiger partial charge in [-0.1, -0.05) is 12.1 Å². The van der Waals surface area contributed by atoms with Gasteiger partial charge in [-0.05, 0) is 12.1 Å². The summed E-state index contributed by atoms with van der Waals surface area (Å²) in [6.07, 6.45) is 0. The number of nitrogens with two attached hydrogens (primary N) is 1. The molecule has 1 amide bonds. The standard InChI is InChI=1S/C12H11ClN2O2S/c13-5-8-7-18-11(15-8)6-17-10-4-2-1-3-9(10)12(14)16/h1-4,7H,5-6H2,(H2,14,16). The van der Waals surface area contributed by atoms with E-state index in [1.165, 1.54) is 11.3 Å². The third kappa shape index (κ3) is 3.00. The zero-order chi connectivity index (χ0) is 13.0. The predicted octanol–water partition coefficient (Wildman–Crippen LogP) is 2.56. The molecule has 2 rings (SSSR count). The lowest BCUT2D eigenvalue weighted by Crippen LogP contribution is -2.12. The number of carbonyl (C=O) groups is 1. The van der Waals surface area contributed by atoms with Gasteiger partial charge in [0.2, 0.25) is 0 Å². The second-order valence-electron chi connectivity index (χ2n) is 3.52. The highest BCUT2D eigenvalue weighted by Gasteiger charge is 2.09. The summed E-state index contributed by atoms with van der Waals surface area (Å²) in [6.45, 7) is 0.297. The molecule has 0 aliphatic heterocycles. The molecular weight excluding hydrogens is 272 g/mol. The number of alkyl halides is 1. The Balaban J connectivity index is 2.08. The number of hydrogen-bond acceptors (Lipinski definition) is 4. The Kier molecular flexibility index (Phi) is 4.17. The van der Waals surface area contributed by atoms with Crippen molar-refractivity contribution in [1.29, 1.82) is 0 Å². The Hall–Kier alpha value is -1.59. The van der Waals surface area contributed by atoms with Gasteiger partial charge in [-0.15, -0.1) is 22.9 Å². The topological polar surface area (TPSA) is 65.2 Å². The molecule has 1 heterocycles. The largest absolute Gasteiger partial charge is 0.486 e. The van der Waals surface area contributed by atoms with Crippen LogP contribution >= 0.6 is 22.9 Å². The third-order valence-electron chi connectivity index (χ3n) is 2.24. The molecule has 2 aromatic rings. The van der Waals surface area contributed by atoms with Crippen LogP contribution in [0.5, 0.6) is 5.75 Å². The molecular formula is C12H11ClN2O2S. The minimum Gasteiger partial charge on any atom is -0.486 e. The second kappa shape index (κ2) is 5.84. The number of rotatable bonds is 5. The number of nitrogens with zero attached hydrogens (tertiary/aromatic N) is 1. The van der Waals surface area contributed by atoms with Crippen molar-refractivity contribution >= 4 is 28.8 Å². The Labute approximate surface area is 113 Å². The number of thiazole rings is 1. The molecule has 0 saturated heterocycles. The van der Waals surface area contributed by atoms with E-state index in [9.17, 15) is 4.79 Å². The van der Waals surface area contributed by atoms with Gasteiger partial charge in [0.05, 0.1) is 17.1 Å². The van der Waals surface area contributed by atoms with E-state index >= 15 is 0 Å². The second-order valence-corrected chi connectivity index (χ2v) is 4.73. The lowest BCUT2D eigenvalue weighted by atomic mass is 10.2. The van der Waals surface area contributed by atoms with Crippen LogP contribution in [0.3, 0.4) is 0 Å². The summed E-state index contributed by atoms with van der Waals surface area (Å²) in [5, 5.41) is 2.69. The maximum atomic E-state index is 11.2. The maximum Gasteiger partial charge on any atom is 0.252 e. The zero-order valence-electron chi connectivity index (χ0n) is 9.43. The van der Waals surface area contributed by atoms with Gasteiger partial charge in [0.1, 0.15) is 17.4 Å². The number of para-hydroxylation sites is 1. The number of halogens is 1. The molecule has 0 radical (unpaired) electrons. The van der Waals surface area contributed by atoms with Gasteiger partial charge in [-0.2, -0.15) is 0 Å². The SMILES string of the molecule is NC(=O)c1ccccc1OCc1nc(CCl)cs1. The zero-order valence-corrected chi connectivity index (χ0v) is 11.0. The highest BCUT2D eigenvalue weighted by atomic mass is 35.5. The fraction of sp³-hybridized carbons (Fsp3) is 0.167. The summed E-state index contributed by atoms with van der Waals surface area (Å²) in [5.74, 6) is 0.341. The van der Waals surface area contributed by atoms with E-state index in [0.29, 0.717) is 23.8 Å². The highest BCUT2D eigenvalue weighted by Crippen LogP contribution is 2.20. The Bertz CT molecular complexity index is 557. The van der Waals surface area contributed by atoms with E-state index in [0.717, 1.165) is 10.7 Å². The number of primary amides is 1. The van der Waals surface area contributed by atoms with Crippen molar-refractivity contribution in [3.05, 3.63) is 45.9 Å². The summed E-state index contributed by atoms with van der Waals surface area (Å²) in [7, 11) is 0. The van der Waals surface area contributed by atoms with Crippen LogP contribution in [-0.2, 0) is 12.5 Å². The maximum absolute atomic E-state index is 11.2. The van der Waals surface area contributed by atoms with Gasteiger partial charge >= 0.3 is 0 Å². The lowest BCUT2D eigenvalue weighted by Gasteiger charge is -2.07. The van der Waals surface area contributed by atoms with Crippen LogP contribution in [0.4, 0.5) is 0 Å². The van der Waals surface area contributed by atoms with E-state index < -0.39 is 5.91 Å². The number of hydrogen-bond donors (Lipinski definition) is 1. The van der Waals surface area contributed by atoms with Crippen molar-refractivity contribution in [1.82, 2.24) is 4.98 Å². The van der Waals surface area contributed by atoms with Gasteiger partial charge in [-0.3, -0.25) is 4.79 Å². The first kappa shape index (κ1) is 12.9. The van der Waals surface area contributed by atoms with E-state index in [2.05, 4.69) is 4.98 Å². The molecule has 6 heteroatoms. The van der Waals surface area contributed by atoms with Crippen LogP contribution < -0.4 is 10.5 Å². The first-order chi connectivity index (χ1) is 8.70. The summed E-state index contributed by atoms with van der Waals surface area (Å²) >= 11 is 7.14. The van der Waals surface area contributed by atoms with Gasteiger partial charge in [0.15, 0.2) is 0 Å². The number of ether oxygens (including phenoxy) is 1. The van der Waals surface area contributed by atoms with Crippen molar-refractivity contribution in [2.24, 2.45) is 5.73 Å². The Morgan fingerprint density at radius 1 is 1.44 bits per heavy atom. The van der Waals surface area contributed by atoms with Crippen LogP contribution in [0.25, 0.3) is 0 Å². The van der Waals surface area contributed by atoms with Gasteiger partial charge < -0.3 is 10.5 Å². The highest BCUT2D eigenvalue weighted by molar-refractivity contribution is 7.09. The van der Waals surface area contributed by atoms with Crippen molar-refractivity contribution < 1.29 is 9.53 Å². The molecule has 0 bridgehead atoms. The predicted molar refractivity (Wildman–Crippen MR) is 71.0 cm³/mol. The Morgan fingerprint density at radius 2 is 2.22 bits per heavy atom. The molecule has 0 unspecified atom stereocenters. The number of amides is 1. The quantitative estimate of drug-likeness (QED) is 0.857. The van der Waals surface area contributed by atoms with Crippen LogP contribution in [0, 0.1) is 0 Å².